The fourth-order valence-electron chi connectivity index (χ4n) is 2.22. The largest absolute Gasteiger partial charge is 0.369 e. The zero-order valence-electron chi connectivity index (χ0n) is 10.2. The van der Waals surface area contributed by atoms with Gasteiger partial charge in [0, 0.05) is 5.02 Å². The number of imidazole rings is 1. The van der Waals surface area contributed by atoms with Crippen molar-refractivity contribution in [1.29, 1.82) is 0 Å². The van der Waals surface area contributed by atoms with E-state index in [9.17, 15) is 0 Å². The van der Waals surface area contributed by atoms with Crippen molar-refractivity contribution in [2.75, 3.05) is 5.73 Å². The molecule has 0 spiro atoms. The summed E-state index contributed by atoms with van der Waals surface area (Å²) in [6, 6.07) is 11.2. The van der Waals surface area contributed by atoms with Gasteiger partial charge in [0.25, 0.3) is 0 Å². The lowest BCUT2D eigenvalue weighted by Gasteiger charge is -2.10. The Morgan fingerprint density at radius 3 is 2.68 bits per heavy atom. The molecule has 2 aromatic carbocycles. The van der Waals surface area contributed by atoms with Crippen molar-refractivity contribution >= 4 is 40.2 Å². The van der Waals surface area contributed by atoms with Crippen LogP contribution >= 0.6 is 23.2 Å². The predicted molar refractivity (Wildman–Crippen MR) is 80.2 cm³/mol. The van der Waals surface area contributed by atoms with Crippen LogP contribution in [0.3, 0.4) is 0 Å². The van der Waals surface area contributed by atoms with Crippen molar-refractivity contribution in [1.82, 2.24) is 9.55 Å². The van der Waals surface area contributed by atoms with Crippen molar-refractivity contribution in [3.8, 4) is 5.69 Å². The maximum absolute atomic E-state index is 6.26. The topological polar surface area (TPSA) is 43.8 Å². The molecule has 0 unspecified atom stereocenters. The lowest BCUT2D eigenvalue weighted by Crippen LogP contribution is -2.02. The van der Waals surface area contributed by atoms with Crippen LogP contribution in [0.5, 0.6) is 0 Å². The van der Waals surface area contributed by atoms with Crippen molar-refractivity contribution in [2.45, 2.75) is 6.92 Å². The zero-order chi connectivity index (χ0) is 13.6. The molecule has 0 saturated carbocycles. The highest BCUT2D eigenvalue weighted by Gasteiger charge is 2.14. The van der Waals surface area contributed by atoms with Gasteiger partial charge in [0.2, 0.25) is 5.95 Å². The number of halogens is 2. The van der Waals surface area contributed by atoms with Gasteiger partial charge in [-0.25, -0.2) is 4.98 Å². The van der Waals surface area contributed by atoms with Crippen LogP contribution in [0.2, 0.25) is 10.0 Å². The minimum Gasteiger partial charge on any atom is -0.369 e. The van der Waals surface area contributed by atoms with Gasteiger partial charge in [-0.05, 0) is 36.8 Å². The van der Waals surface area contributed by atoms with Crippen LogP contribution < -0.4 is 5.73 Å². The van der Waals surface area contributed by atoms with Crippen LogP contribution in [0, 0.1) is 6.92 Å². The summed E-state index contributed by atoms with van der Waals surface area (Å²) in [5.74, 6) is 0.411. The number of nitrogens with zero attached hydrogens (tertiary/aromatic N) is 2. The number of nitrogens with two attached hydrogens (primary N) is 1. The molecule has 19 heavy (non-hydrogen) atoms. The van der Waals surface area contributed by atoms with Gasteiger partial charge in [0.1, 0.15) is 0 Å². The minimum atomic E-state index is 0.411. The first-order valence-electron chi connectivity index (χ1n) is 5.77. The molecule has 0 radical (unpaired) electrons. The number of hydrogen-bond acceptors (Lipinski definition) is 2. The summed E-state index contributed by atoms with van der Waals surface area (Å²) in [7, 11) is 0. The third kappa shape index (κ3) is 1.95. The first-order valence-corrected chi connectivity index (χ1v) is 6.52. The van der Waals surface area contributed by atoms with Gasteiger partial charge in [0.15, 0.2) is 0 Å². The fraction of sp³-hybridized carbons (Fsp3) is 0.0714. The van der Waals surface area contributed by atoms with E-state index in [0.29, 0.717) is 16.0 Å². The molecule has 0 amide bonds. The molecule has 3 nitrogen and oxygen atoms in total. The van der Waals surface area contributed by atoms with Crippen molar-refractivity contribution < 1.29 is 0 Å². The van der Waals surface area contributed by atoms with Crippen molar-refractivity contribution in [3.05, 3.63) is 52.0 Å². The molecular weight excluding hydrogens is 281 g/mol. The summed E-state index contributed by atoms with van der Waals surface area (Å²) in [6.45, 7) is 2.02. The molecule has 2 N–H and O–H groups in total. The van der Waals surface area contributed by atoms with E-state index in [1.165, 1.54) is 0 Å². The van der Waals surface area contributed by atoms with Gasteiger partial charge >= 0.3 is 0 Å². The van der Waals surface area contributed by atoms with E-state index in [1.807, 2.05) is 35.8 Å². The van der Waals surface area contributed by atoms with E-state index in [0.717, 1.165) is 22.3 Å². The third-order valence-electron chi connectivity index (χ3n) is 3.05. The van der Waals surface area contributed by atoms with Crippen molar-refractivity contribution in [2.24, 2.45) is 0 Å². The number of aryl methyl sites for hydroxylation is 1. The van der Waals surface area contributed by atoms with E-state index in [4.69, 9.17) is 28.9 Å². The summed E-state index contributed by atoms with van der Waals surface area (Å²) in [6.07, 6.45) is 0. The molecule has 0 aliphatic carbocycles. The number of rotatable bonds is 1. The van der Waals surface area contributed by atoms with Gasteiger partial charge < -0.3 is 5.73 Å². The van der Waals surface area contributed by atoms with Crippen LogP contribution in [-0.2, 0) is 0 Å². The zero-order valence-corrected chi connectivity index (χ0v) is 11.7. The normalized spacial score (nSPS) is 11.1. The van der Waals surface area contributed by atoms with E-state index in [1.54, 1.807) is 12.1 Å². The maximum Gasteiger partial charge on any atom is 0.205 e. The molecule has 0 bridgehead atoms. The molecule has 3 rings (SSSR count). The Bertz CT molecular complexity index is 778. The Labute approximate surface area is 120 Å². The number of fused-ring (bicyclic) bond motifs is 1. The quantitative estimate of drug-likeness (QED) is 0.729. The summed E-state index contributed by atoms with van der Waals surface area (Å²) in [4.78, 5) is 4.36. The molecule has 1 aromatic heterocycles. The third-order valence-corrected chi connectivity index (χ3v) is 3.59. The number of anilines is 1. The highest BCUT2D eigenvalue weighted by molar-refractivity contribution is 6.35. The number of aromatic nitrogens is 2. The van der Waals surface area contributed by atoms with E-state index >= 15 is 0 Å². The summed E-state index contributed by atoms with van der Waals surface area (Å²) >= 11 is 12.2. The molecule has 1 heterocycles. The van der Waals surface area contributed by atoms with Gasteiger partial charge in [-0.15, -0.1) is 0 Å². The van der Waals surface area contributed by atoms with Crippen LogP contribution in [0.4, 0.5) is 5.95 Å². The van der Waals surface area contributed by atoms with Crippen molar-refractivity contribution in [3.63, 3.8) is 0 Å². The van der Waals surface area contributed by atoms with Gasteiger partial charge in [0.05, 0.1) is 21.7 Å². The highest BCUT2D eigenvalue weighted by Crippen LogP contribution is 2.31. The summed E-state index contributed by atoms with van der Waals surface area (Å²) < 4.78 is 1.85. The number of para-hydroxylation sites is 1. The molecule has 0 saturated heterocycles. The van der Waals surface area contributed by atoms with Crippen LogP contribution in [0.15, 0.2) is 36.4 Å². The Hall–Kier alpha value is -1.71. The molecule has 0 aliphatic heterocycles. The average Bonchev–Trinajstić information content (AvgIpc) is 2.67. The Morgan fingerprint density at radius 1 is 1.16 bits per heavy atom. The van der Waals surface area contributed by atoms with Crippen LogP contribution in [0.25, 0.3) is 16.7 Å². The lowest BCUT2D eigenvalue weighted by atomic mass is 10.2. The summed E-state index contributed by atoms with van der Waals surface area (Å²) in [5, 5.41) is 1.13. The molecule has 0 fully saturated rings. The highest BCUT2D eigenvalue weighted by atomic mass is 35.5. The first-order chi connectivity index (χ1) is 9.08. The monoisotopic (exact) mass is 291 g/mol. The van der Waals surface area contributed by atoms with Crippen LogP contribution in [0.1, 0.15) is 5.56 Å². The van der Waals surface area contributed by atoms with E-state index in [2.05, 4.69) is 4.98 Å². The molecule has 5 heteroatoms. The van der Waals surface area contributed by atoms with Gasteiger partial charge in [-0.1, -0.05) is 35.3 Å². The van der Waals surface area contributed by atoms with E-state index in [-0.39, 0.29) is 0 Å². The maximum atomic E-state index is 6.26. The minimum absolute atomic E-state index is 0.411. The summed E-state index contributed by atoms with van der Waals surface area (Å²) in [5.41, 5.74) is 9.70. The predicted octanol–water partition coefficient (Wildman–Crippen LogP) is 4.22. The first kappa shape index (κ1) is 12.3. The molecule has 3 aromatic rings. The molecule has 96 valence electrons. The van der Waals surface area contributed by atoms with Gasteiger partial charge in [-0.3, -0.25) is 4.57 Å². The lowest BCUT2D eigenvalue weighted by molar-refractivity contribution is 1.10. The smallest absolute Gasteiger partial charge is 0.205 e. The Morgan fingerprint density at radius 2 is 1.95 bits per heavy atom. The second-order valence-electron chi connectivity index (χ2n) is 4.34. The van der Waals surface area contributed by atoms with E-state index < -0.39 is 0 Å². The second-order valence-corrected chi connectivity index (χ2v) is 5.19. The molecule has 0 aliphatic rings. The molecule has 0 atom stereocenters. The number of benzene rings is 2. The number of nitrogen functional groups attached to an aromatic ring is 1. The second kappa shape index (κ2) is 4.44. The average molecular weight is 292 g/mol. The Kier molecular flexibility index (Phi) is 2.88. The fourth-order valence-corrected chi connectivity index (χ4v) is 2.71. The molecular formula is C14H11Cl2N3. The van der Waals surface area contributed by atoms with Gasteiger partial charge in [-0.2, -0.15) is 0 Å². The Balaban J connectivity index is 2.39. The number of hydrogen-bond donors (Lipinski definition) is 1. The van der Waals surface area contributed by atoms with Crippen LogP contribution in [-0.4, -0.2) is 9.55 Å². The SMILES string of the molecule is Cc1cccc2nc(N)n(-c3ccc(Cl)cc3Cl)c12. The standard InChI is InChI=1S/C14H11Cl2N3/c1-8-3-2-4-11-13(8)19(14(17)18-11)12-6-5-9(15)7-10(12)16/h2-7H,1H3,(H2,17,18).